The van der Waals surface area contributed by atoms with Gasteiger partial charge in [-0.2, -0.15) is 0 Å². The molecule has 0 aliphatic carbocycles. The van der Waals surface area contributed by atoms with E-state index in [0.29, 0.717) is 5.56 Å². The number of nitrogens with zero attached hydrogens (tertiary/aromatic N) is 1. The van der Waals surface area contributed by atoms with Gasteiger partial charge in [-0.05, 0) is 6.07 Å². The molecule has 0 atom stereocenters. The summed E-state index contributed by atoms with van der Waals surface area (Å²) >= 11 is 5.64. The zero-order valence-electron chi connectivity index (χ0n) is 9.81. The van der Waals surface area contributed by atoms with Crippen LogP contribution in [0.3, 0.4) is 0 Å². The normalized spacial score (nSPS) is 10.4. The molecule has 0 saturated heterocycles. The second-order valence-electron chi connectivity index (χ2n) is 3.63. The fraction of sp³-hybridized carbons (Fsp3) is 0.182. The third-order valence-electron chi connectivity index (χ3n) is 2.43. The minimum atomic E-state index is -0.664. The molecule has 0 saturated carbocycles. The number of furan rings is 1. The number of carbonyl (C=O) groups is 1. The highest BCUT2D eigenvalue weighted by Gasteiger charge is 2.16. The molecule has 0 aliphatic rings. The number of hydrogen-bond donors (Lipinski definition) is 1. The van der Waals surface area contributed by atoms with Crippen molar-refractivity contribution in [1.29, 1.82) is 0 Å². The fourth-order valence-corrected chi connectivity index (χ4v) is 1.68. The Bertz CT molecular complexity index is 727. The Morgan fingerprint density at radius 3 is 2.95 bits per heavy atom. The van der Waals surface area contributed by atoms with E-state index in [2.05, 4.69) is 9.72 Å². The SMILES string of the molecule is COC(=O)c1occc1Cn1cc(Cl)c(=O)[nH]c1=O. The van der Waals surface area contributed by atoms with E-state index in [4.69, 9.17) is 16.0 Å². The van der Waals surface area contributed by atoms with Crippen LogP contribution in [-0.4, -0.2) is 22.6 Å². The molecule has 8 heteroatoms. The third-order valence-corrected chi connectivity index (χ3v) is 2.69. The summed E-state index contributed by atoms with van der Waals surface area (Å²) in [5.41, 5.74) is -0.855. The minimum absolute atomic E-state index is 0.00303. The van der Waals surface area contributed by atoms with Crippen molar-refractivity contribution in [2.24, 2.45) is 0 Å². The van der Waals surface area contributed by atoms with Crippen LogP contribution in [0.4, 0.5) is 0 Å². The third kappa shape index (κ3) is 2.60. The van der Waals surface area contributed by atoms with Gasteiger partial charge >= 0.3 is 11.7 Å². The molecule has 2 aromatic rings. The topological polar surface area (TPSA) is 94.3 Å². The lowest BCUT2D eigenvalue weighted by Crippen LogP contribution is -2.30. The molecule has 19 heavy (non-hydrogen) atoms. The van der Waals surface area contributed by atoms with Gasteiger partial charge in [0, 0.05) is 11.8 Å². The van der Waals surface area contributed by atoms with Gasteiger partial charge in [-0.15, -0.1) is 0 Å². The van der Waals surface area contributed by atoms with E-state index in [9.17, 15) is 14.4 Å². The van der Waals surface area contributed by atoms with Crippen molar-refractivity contribution in [2.45, 2.75) is 6.54 Å². The number of esters is 1. The molecule has 0 bridgehead atoms. The molecule has 2 heterocycles. The summed E-state index contributed by atoms with van der Waals surface area (Å²) in [6, 6.07) is 1.53. The predicted octanol–water partition coefficient (Wildman–Crippen LogP) is 0.618. The molecule has 0 radical (unpaired) electrons. The number of aromatic nitrogens is 2. The van der Waals surface area contributed by atoms with E-state index < -0.39 is 17.2 Å². The number of ether oxygens (including phenoxy) is 1. The van der Waals surface area contributed by atoms with Crippen LogP contribution in [0.25, 0.3) is 0 Å². The van der Waals surface area contributed by atoms with Gasteiger partial charge in [0.1, 0.15) is 5.02 Å². The Morgan fingerprint density at radius 1 is 1.53 bits per heavy atom. The van der Waals surface area contributed by atoms with Crippen LogP contribution >= 0.6 is 11.6 Å². The molecule has 0 spiro atoms. The summed E-state index contributed by atoms with van der Waals surface area (Å²) in [5, 5.41) is -0.122. The number of nitrogens with one attached hydrogen (secondary N) is 1. The van der Waals surface area contributed by atoms with Crippen molar-refractivity contribution >= 4 is 17.6 Å². The first kappa shape index (κ1) is 13.2. The summed E-state index contributed by atoms with van der Waals surface area (Å²) in [4.78, 5) is 36.2. The van der Waals surface area contributed by atoms with Gasteiger partial charge in [0.05, 0.1) is 19.9 Å². The van der Waals surface area contributed by atoms with Gasteiger partial charge in [0.25, 0.3) is 5.56 Å². The quantitative estimate of drug-likeness (QED) is 0.834. The molecule has 2 rings (SSSR count). The number of methoxy groups -OCH3 is 1. The lowest BCUT2D eigenvalue weighted by atomic mass is 10.2. The molecular formula is C11H9ClN2O5. The molecule has 0 fully saturated rings. The Hall–Kier alpha value is -2.28. The molecule has 100 valence electrons. The molecule has 2 aromatic heterocycles. The van der Waals surface area contributed by atoms with Crippen LogP contribution in [0.2, 0.25) is 5.02 Å². The van der Waals surface area contributed by atoms with Gasteiger partial charge < -0.3 is 9.15 Å². The molecule has 0 amide bonds. The molecule has 0 aliphatic heterocycles. The Morgan fingerprint density at radius 2 is 2.26 bits per heavy atom. The largest absolute Gasteiger partial charge is 0.463 e. The number of halogens is 1. The summed E-state index contributed by atoms with van der Waals surface area (Å²) in [7, 11) is 1.22. The van der Waals surface area contributed by atoms with Gasteiger partial charge in [0.15, 0.2) is 0 Å². The van der Waals surface area contributed by atoms with Gasteiger partial charge in [-0.1, -0.05) is 11.6 Å². The van der Waals surface area contributed by atoms with Crippen molar-refractivity contribution in [3.8, 4) is 0 Å². The van der Waals surface area contributed by atoms with Crippen molar-refractivity contribution in [1.82, 2.24) is 9.55 Å². The smallest absolute Gasteiger partial charge is 0.374 e. The predicted molar refractivity (Wildman–Crippen MR) is 65.5 cm³/mol. The average molecular weight is 285 g/mol. The van der Waals surface area contributed by atoms with Crippen LogP contribution < -0.4 is 11.2 Å². The number of carbonyl (C=O) groups excluding carboxylic acids is 1. The van der Waals surface area contributed by atoms with Crippen LogP contribution in [-0.2, 0) is 11.3 Å². The van der Waals surface area contributed by atoms with Crippen LogP contribution in [0.1, 0.15) is 16.1 Å². The number of rotatable bonds is 3. The van der Waals surface area contributed by atoms with Gasteiger partial charge in [-0.3, -0.25) is 14.3 Å². The summed E-state index contributed by atoms with van der Waals surface area (Å²) in [5.74, 6) is -0.653. The van der Waals surface area contributed by atoms with E-state index >= 15 is 0 Å². The first-order valence-corrected chi connectivity index (χ1v) is 5.54. The van der Waals surface area contributed by atoms with E-state index in [0.717, 1.165) is 4.57 Å². The maximum Gasteiger partial charge on any atom is 0.374 e. The van der Waals surface area contributed by atoms with Crippen molar-refractivity contribution in [2.75, 3.05) is 7.11 Å². The molecule has 0 unspecified atom stereocenters. The van der Waals surface area contributed by atoms with Gasteiger partial charge in [-0.25, -0.2) is 9.59 Å². The molecule has 7 nitrogen and oxygen atoms in total. The standard InChI is InChI=1S/C11H9ClN2O5/c1-18-10(16)8-6(2-3-19-8)4-14-5-7(12)9(15)13-11(14)17/h2-3,5H,4H2,1H3,(H,13,15,17). The minimum Gasteiger partial charge on any atom is -0.463 e. The number of hydrogen-bond acceptors (Lipinski definition) is 5. The summed E-state index contributed by atoms with van der Waals surface area (Å²) < 4.78 is 10.7. The Kier molecular flexibility index (Phi) is 3.57. The molecule has 1 N–H and O–H groups in total. The lowest BCUT2D eigenvalue weighted by molar-refractivity contribution is 0.0563. The van der Waals surface area contributed by atoms with Crippen LogP contribution in [0.5, 0.6) is 0 Å². The van der Waals surface area contributed by atoms with E-state index in [1.807, 2.05) is 0 Å². The first-order chi connectivity index (χ1) is 9.02. The second kappa shape index (κ2) is 5.15. The summed E-state index contributed by atoms with van der Waals surface area (Å²) in [6.07, 6.45) is 2.50. The van der Waals surface area contributed by atoms with Crippen molar-refractivity contribution < 1.29 is 13.9 Å². The van der Waals surface area contributed by atoms with E-state index in [1.165, 1.54) is 25.6 Å². The van der Waals surface area contributed by atoms with Crippen LogP contribution in [0.15, 0.2) is 32.5 Å². The van der Waals surface area contributed by atoms with E-state index in [1.54, 1.807) is 0 Å². The first-order valence-electron chi connectivity index (χ1n) is 5.17. The molecule has 0 aromatic carbocycles. The van der Waals surface area contributed by atoms with Crippen LogP contribution in [0, 0.1) is 0 Å². The maximum atomic E-state index is 11.6. The monoisotopic (exact) mass is 284 g/mol. The average Bonchev–Trinajstić information content (AvgIpc) is 2.83. The van der Waals surface area contributed by atoms with E-state index in [-0.39, 0.29) is 17.3 Å². The zero-order chi connectivity index (χ0) is 14.0. The van der Waals surface area contributed by atoms with Crippen molar-refractivity contribution in [3.63, 3.8) is 0 Å². The lowest BCUT2D eigenvalue weighted by Gasteiger charge is -2.04. The number of aromatic amines is 1. The Balaban J connectivity index is 2.40. The fourth-order valence-electron chi connectivity index (χ4n) is 1.52. The highest BCUT2D eigenvalue weighted by Crippen LogP contribution is 2.13. The number of H-pyrrole nitrogens is 1. The van der Waals surface area contributed by atoms with Gasteiger partial charge in [0.2, 0.25) is 5.76 Å². The van der Waals surface area contributed by atoms with Crippen molar-refractivity contribution in [3.05, 3.63) is 55.7 Å². The zero-order valence-corrected chi connectivity index (χ0v) is 10.6. The molecular weight excluding hydrogens is 276 g/mol. The highest BCUT2D eigenvalue weighted by molar-refractivity contribution is 6.30. The maximum absolute atomic E-state index is 11.6. The summed E-state index contributed by atoms with van der Waals surface area (Å²) in [6.45, 7) is 0.0241. The second-order valence-corrected chi connectivity index (χ2v) is 4.04. The Labute approximate surface area is 111 Å². The highest BCUT2D eigenvalue weighted by atomic mass is 35.5.